The van der Waals surface area contributed by atoms with Crippen molar-refractivity contribution < 1.29 is 9.13 Å². The number of hydrogen-bond donors (Lipinski definition) is 1. The zero-order chi connectivity index (χ0) is 17.5. The van der Waals surface area contributed by atoms with E-state index in [-0.39, 0.29) is 12.4 Å². The van der Waals surface area contributed by atoms with Crippen LogP contribution in [0.3, 0.4) is 0 Å². The van der Waals surface area contributed by atoms with Gasteiger partial charge in [-0.3, -0.25) is 0 Å². The molecule has 0 saturated carbocycles. The summed E-state index contributed by atoms with van der Waals surface area (Å²) in [5.74, 6) is 0.370. The van der Waals surface area contributed by atoms with E-state index in [9.17, 15) is 4.39 Å². The Morgan fingerprint density at radius 2 is 1.60 bits per heavy atom. The third-order valence-corrected chi connectivity index (χ3v) is 4.25. The first kappa shape index (κ1) is 17.5. The summed E-state index contributed by atoms with van der Waals surface area (Å²) < 4.78 is 19.7. The number of benzene rings is 3. The molecule has 1 N–H and O–H groups in total. The minimum absolute atomic E-state index is 0.0984. The highest BCUT2D eigenvalue weighted by atomic mass is 35.5. The third-order valence-electron chi connectivity index (χ3n) is 3.89. The molecule has 0 bridgehead atoms. The number of hydrogen-bond acceptors (Lipinski definition) is 2. The monoisotopic (exact) mass is 355 g/mol. The van der Waals surface area contributed by atoms with Crippen LogP contribution in [0.5, 0.6) is 5.75 Å². The second kappa shape index (κ2) is 8.65. The molecule has 0 spiro atoms. The van der Waals surface area contributed by atoms with Crippen LogP contribution < -0.4 is 10.1 Å². The second-order valence-electron chi connectivity index (χ2n) is 5.69. The summed E-state index contributed by atoms with van der Waals surface area (Å²) in [4.78, 5) is 0. The Bertz CT molecular complexity index is 803. The molecule has 0 aliphatic heterocycles. The predicted octanol–water partition coefficient (Wildman–Crippen LogP) is 5.35. The van der Waals surface area contributed by atoms with Crippen LogP contribution in [0.15, 0.2) is 72.8 Å². The van der Waals surface area contributed by atoms with Crippen molar-refractivity contribution >= 4 is 11.6 Å². The van der Waals surface area contributed by atoms with Crippen LogP contribution in [0.2, 0.25) is 5.02 Å². The van der Waals surface area contributed by atoms with Crippen LogP contribution >= 0.6 is 11.6 Å². The van der Waals surface area contributed by atoms with E-state index in [0.29, 0.717) is 17.1 Å². The Hall–Kier alpha value is -2.36. The molecule has 3 aromatic rings. The van der Waals surface area contributed by atoms with Crippen molar-refractivity contribution in [3.05, 3.63) is 100 Å². The molecule has 0 atom stereocenters. The molecule has 4 heteroatoms. The zero-order valence-electron chi connectivity index (χ0n) is 13.7. The Kier molecular flexibility index (Phi) is 6.04. The summed E-state index contributed by atoms with van der Waals surface area (Å²) in [6, 6.07) is 22.6. The van der Waals surface area contributed by atoms with Gasteiger partial charge in [0, 0.05) is 24.2 Å². The summed E-state index contributed by atoms with van der Waals surface area (Å²) >= 11 is 6.05. The lowest BCUT2D eigenvalue weighted by molar-refractivity contribution is 0.296. The molecule has 3 rings (SSSR count). The molecule has 3 aromatic carbocycles. The Labute approximate surface area is 152 Å². The standard InChI is InChI=1S/C21H19ClFNO/c22-19-10-6-11-20(23)18(19)15-25-21-12-5-4-9-17(21)14-24-13-16-7-2-1-3-8-16/h1-12,24H,13-15H2. The molecular weight excluding hydrogens is 337 g/mol. The molecule has 0 unspecified atom stereocenters. The fourth-order valence-corrected chi connectivity index (χ4v) is 2.77. The maximum Gasteiger partial charge on any atom is 0.131 e. The van der Waals surface area contributed by atoms with Crippen molar-refractivity contribution in [2.24, 2.45) is 0 Å². The van der Waals surface area contributed by atoms with E-state index in [4.69, 9.17) is 16.3 Å². The van der Waals surface area contributed by atoms with Crippen LogP contribution in [0.25, 0.3) is 0 Å². The Balaban J connectivity index is 1.63. The van der Waals surface area contributed by atoms with Gasteiger partial charge in [0.1, 0.15) is 18.2 Å². The topological polar surface area (TPSA) is 21.3 Å². The van der Waals surface area contributed by atoms with Crippen LogP contribution in [-0.2, 0) is 19.7 Å². The van der Waals surface area contributed by atoms with Crippen LogP contribution in [-0.4, -0.2) is 0 Å². The summed E-state index contributed by atoms with van der Waals surface area (Å²) in [5.41, 5.74) is 2.61. The van der Waals surface area contributed by atoms with E-state index in [2.05, 4.69) is 17.4 Å². The van der Waals surface area contributed by atoms with Crippen LogP contribution in [0.1, 0.15) is 16.7 Å². The number of rotatable bonds is 7. The molecule has 0 aliphatic rings. The molecular formula is C21H19ClFNO. The molecule has 0 fully saturated rings. The van der Waals surface area contributed by atoms with E-state index in [1.54, 1.807) is 12.1 Å². The van der Waals surface area contributed by atoms with Gasteiger partial charge in [0.05, 0.1) is 5.02 Å². The average molecular weight is 356 g/mol. The number of halogens is 2. The first-order valence-corrected chi connectivity index (χ1v) is 8.50. The lowest BCUT2D eigenvalue weighted by Crippen LogP contribution is -2.13. The van der Waals surface area contributed by atoms with E-state index in [1.165, 1.54) is 11.6 Å². The van der Waals surface area contributed by atoms with Crippen LogP contribution in [0, 0.1) is 5.82 Å². The lowest BCUT2D eigenvalue weighted by Gasteiger charge is -2.13. The predicted molar refractivity (Wildman–Crippen MR) is 99.2 cm³/mol. The third kappa shape index (κ3) is 4.81. The molecule has 0 heterocycles. The van der Waals surface area contributed by atoms with Crippen molar-refractivity contribution in [3.8, 4) is 5.75 Å². The summed E-state index contributed by atoms with van der Waals surface area (Å²) in [7, 11) is 0. The summed E-state index contributed by atoms with van der Waals surface area (Å²) in [5, 5.41) is 3.77. The van der Waals surface area contributed by atoms with Gasteiger partial charge in [-0.05, 0) is 23.8 Å². The van der Waals surface area contributed by atoms with E-state index >= 15 is 0 Å². The van der Waals surface area contributed by atoms with E-state index in [1.807, 2.05) is 42.5 Å². The van der Waals surface area contributed by atoms with Gasteiger partial charge in [0.2, 0.25) is 0 Å². The number of nitrogens with one attached hydrogen (secondary N) is 1. The van der Waals surface area contributed by atoms with Gasteiger partial charge in [-0.25, -0.2) is 4.39 Å². The largest absolute Gasteiger partial charge is 0.488 e. The molecule has 2 nitrogen and oxygen atoms in total. The van der Waals surface area contributed by atoms with Gasteiger partial charge in [-0.15, -0.1) is 0 Å². The highest BCUT2D eigenvalue weighted by Crippen LogP contribution is 2.23. The summed E-state index contributed by atoms with van der Waals surface area (Å²) in [6.07, 6.45) is 0. The quantitative estimate of drug-likeness (QED) is 0.617. The number of ether oxygens (including phenoxy) is 1. The maximum atomic E-state index is 13.9. The second-order valence-corrected chi connectivity index (χ2v) is 6.09. The van der Waals surface area contributed by atoms with Crippen LogP contribution in [0.4, 0.5) is 4.39 Å². The Morgan fingerprint density at radius 1 is 0.840 bits per heavy atom. The summed E-state index contributed by atoms with van der Waals surface area (Å²) in [6.45, 7) is 1.53. The molecule has 25 heavy (non-hydrogen) atoms. The fraction of sp³-hybridized carbons (Fsp3) is 0.143. The van der Waals surface area contributed by atoms with Gasteiger partial charge in [-0.2, -0.15) is 0 Å². The highest BCUT2D eigenvalue weighted by Gasteiger charge is 2.09. The van der Waals surface area contributed by atoms with Crippen molar-refractivity contribution in [1.82, 2.24) is 5.32 Å². The first-order valence-electron chi connectivity index (χ1n) is 8.12. The Morgan fingerprint density at radius 3 is 2.40 bits per heavy atom. The molecule has 128 valence electrons. The van der Waals surface area contributed by atoms with Gasteiger partial charge < -0.3 is 10.1 Å². The van der Waals surface area contributed by atoms with Crippen molar-refractivity contribution in [2.75, 3.05) is 0 Å². The smallest absolute Gasteiger partial charge is 0.131 e. The van der Waals surface area contributed by atoms with E-state index < -0.39 is 0 Å². The zero-order valence-corrected chi connectivity index (χ0v) is 14.5. The first-order chi connectivity index (χ1) is 12.2. The van der Waals surface area contributed by atoms with Gasteiger partial charge in [0.25, 0.3) is 0 Å². The number of para-hydroxylation sites is 1. The van der Waals surface area contributed by atoms with Crippen molar-refractivity contribution in [3.63, 3.8) is 0 Å². The van der Waals surface area contributed by atoms with Crippen molar-refractivity contribution in [2.45, 2.75) is 19.7 Å². The SMILES string of the molecule is Fc1cccc(Cl)c1COc1ccccc1CNCc1ccccc1. The molecule has 0 radical (unpaired) electrons. The minimum atomic E-state index is -0.354. The van der Waals surface area contributed by atoms with Gasteiger partial charge in [-0.1, -0.05) is 66.2 Å². The fourth-order valence-electron chi connectivity index (χ4n) is 2.55. The van der Waals surface area contributed by atoms with Gasteiger partial charge in [0.15, 0.2) is 0 Å². The average Bonchev–Trinajstić information content (AvgIpc) is 2.63. The normalized spacial score (nSPS) is 10.6. The van der Waals surface area contributed by atoms with Gasteiger partial charge >= 0.3 is 0 Å². The van der Waals surface area contributed by atoms with Crippen molar-refractivity contribution in [1.29, 1.82) is 0 Å². The molecule has 0 aliphatic carbocycles. The molecule has 0 saturated heterocycles. The highest BCUT2D eigenvalue weighted by molar-refractivity contribution is 6.31. The minimum Gasteiger partial charge on any atom is -0.488 e. The van der Waals surface area contributed by atoms with E-state index in [0.717, 1.165) is 17.9 Å². The maximum absolute atomic E-state index is 13.9. The lowest BCUT2D eigenvalue weighted by atomic mass is 10.1. The molecule has 0 aromatic heterocycles. The molecule has 0 amide bonds.